The molecule has 0 saturated carbocycles. The van der Waals surface area contributed by atoms with E-state index >= 15 is 0 Å². The van der Waals surface area contributed by atoms with E-state index < -0.39 is 0 Å². The number of carbonyl (C=O) groups excluding carboxylic acids is 1. The topological polar surface area (TPSA) is 47.9 Å². The number of hydrogen-bond donors (Lipinski definition) is 1. The molecule has 0 aromatic heterocycles. The van der Waals surface area contributed by atoms with Crippen LogP contribution < -0.4 is 5.32 Å². The molecule has 1 aromatic rings. The second kappa shape index (κ2) is 11.0. The minimum atomic E-state index is 0. The van der Waals surface area contributed by atoms with Gasteiger partial charge in [-0.25, -0.2) is 0 Å². The molecule has 1 N–H and O–H groups in total. The number of halogens is 1. The number of amides is 1. The van der Waals surface area contributed by atoms with Gasteiger partial charge in [-0.05, 0) is 37.3 Å². The first-order valence-electron chi connectivity index (χ1n) is 9.17. The Labute approximate surface area is 178 Å². The molecule has 2 aliphatic heterocycles. The normalized spacial score (nSPS) is 20.2. The molecule has 26 heavy (non-hydrogen) atoms. The highest BCUT2D eigenvalue weighted by molar-refractivity contribution is 14.0. The van der Waals surface area contributed by atoms with Gasteiger partial charge in [0.1, 0.15) is 0 Å². The zero-order valence-electron chi connectivity index (χ0n) is 15.4. The van der Waals surface area contributed by atoms with Crippen LogP contribution in [0.3, 0.4) is 0 Å². The van der Waals surface area contributed by atoms with E-state index in [0.717, 1.165) is 50.7 Å². The van der Waals surface area contributed by atoms with Crippen molar-refractivity contribution in [1.82, 2.24) is 15.1 Å². The lowest BCUT2D eigenvalue weighted by Gasteiger charge is -2.23. The minimum absolute atomic E-state index is 0. The molecule has 144 valence electrons. The number of benzene rings is 1. The highest BCUT2D eigenvalue weighted by atomic mass is 127. The number of carbonyl (C=O) groups is 1. The van der Waals surface area contributed by atoms with Crippen molar-refractivity contribution >= 4 is 47.6 Å². The van der Waals surface area contributed by atoms with Gasteiger partial charge in [-0.1, -0.05) is 18.2 Å². The maximum absolute atomic E-state index is 12.2. The lowest BCUT2D eigenvalue weighted by molar-refractivity contribution is -0.128. The van der Waals surface area contributed by atoms with Crippen molar-refractivity contribution in [3.63, 3.8) is 0 Å². The van der Waals surface area contributed by atoms with Gasteiger partial charge in [0.05, 0.1) is 6.54 Å². The molecule has 7 heteroatoms. The van der Waals surface area contributed by atoms with Crippen molar-refractivity contribution in [2.24, 2.45) is 10.9 Å². The number of likely N-dealkylation sites (tertiary alicyclic amines) is 2. The van der Waals surface area contributed by atoms with Gasteiger partial charge in [-0.15, -0.1) is 35.7 Å². The number of hydrogen-bond acceptors (Lipinski definition) is 3. The van der Waals surface area contributed by atoms with Crippen molar-refractivity contribution in [2.75, 3.05) is 45.5 Å². The second-order valence-corrected chi connectivity index (χ2v) is 7.81. The molecule has 2 fully saturated rings. The van der Waals surface area contributed by atoms with E-state index in [1.54, 1.807) is 7.05 Å². The average molecular weight is 488 g/mol. The molecule has 2 aliphatic rings. The maximum atomic E-state index is 12.2. The van der Waals surface area contributed by atoms with Crippen LogP contribution in [0.4, 0.5) is 0 Å². The molecule has 0 bridgehead atoms. The van der Waals surface area contributed by atoms with Gasteiger partial charge in [0.2, 0.25) is 5.91 Å². The van der Waals surface area contributed by atoms with Gasteiger partial charge >= 0.3 is 0 Å². The van der Waals surface area contributed by atoms with E-state index in [1.807, 2.05) is 16.7 Å². The van der Waals surface area contributed by atoms with Crippen LogP contribution in [0.15, 0.2) is 40.2 Å². The number of nitrogens with zero attached hydrogens (tertiary/aromatic N) is 3. The zero-order chi connectivity index (χ0) is 17.5. The summed E-state index contributed by atoms with van der Waals surface area (Å²) in [5.74, 6) is 2.84. The van der Waals surface area contributed by atoms with E-state index in [-0.39, 0.29) is 29.9 Å². The van der Waals surface area contributed by atoms with Crippen LogP contribution in [0.2, 0.25) is 0 Å². The number of guanidine groups is 1. The first kappa shape index (κ1) is 21.3. The molecular formula is C19H29IN4OS. The van der Waals surface area contributed by atoms with Crippen LogP contribution >= 0.6 is 35.7 Å². The van der Waals surface area contributed by atoms with Crippen LogP contribution in [0.1, 0.15) is 19.3 Å². The summed E-state index contributed by atoms with van der Waals surface area (Å²) in [4.78, 5) is 22.1. The molecule has 1 unspecified atom stereocenters. The van der Waals surface area contributed by atoms with E-state index in [1.165, 1.54) is 11.3 Å². The third kappa shape index (κ3) is 6.04. The Bertz CT molecular complexity index is 592. The van der Waals surface area contributed by atoms with E-state index in [2.05, 4.69) is 45.5 Å². The summed E-state index contributed by atoms with van der Waals surface area (Å²) in [5, 5.41) is 3.26. The Morgan fingerprint density at radius 2 is 1.92 bits per heavy atom. The van der Waals surface area contributed by atoms with Crippen LogP contribution in [0.5, 0.6) is 0 Å². The first-order valence-corrected chi connectivity index (χ1v) is 10.2. The Kier molecular flexibility index (Phi) is 9.04. The highest BCUT2D eigenvalue weighted by Gasteiger charge is 2.26. The average Bonchev–Trinajstić information content (AvgIpc) is 3.33. The van der Waals surface area contributed by atoms with Crippen molar-refractivity contribution in [2.45, 2.75) is 24.2 Å². The monoisotopic (exact) mass is 488 g/mol. The smallest absolute Gasteiger partial charge is 0.241 e. The quantitative estimate of drug-likeness (QED) is 0.300. The van der Waals surface area contributed by atoms with Crippen molar-refractivity contribution in [1.29, 1.82) is 0 Å². The molecular weight excluding hydrogens is 459 g/mol. The summed E-state index contributed by atoms with van der Waals surface area (Å²) in [5.41, 5.74) is 0. The predicted octanol–water partition coefficient (Wildman–Crippen LogP) is 2.92. The second-order valence-electron chi connectivity index (χ2n) is 6.71. The molecule has 5 nitrogen and oxygen atoms in total. The highest BCUT2D eigenvalue weighted by Crippen LogP contribution is 2.25. The fraction of sp³-hybridized carbons (Fsp3) is 0.579. The van der Waals surface area contributed by atoms with E-state index in [0.29, 0.717) is 12.5 Å². The SMILES string of the molecule is CN=C(NCC(=O)N1CCCC1)N1CCC(CSc2ccccc2)C1.I. The van der Waals surface area contributed by atoms with Crippen LogP contribution in [0, 0.1) is 5.92 Å². The lowest BCUT2D eigenvalue weighted by atomic mass is 10.2. The molecule has 1 aromatic carbocycles. The van der Waals surface area contributed by atoms with Gasteiger partial charge in [0, 0.05) is 43.9 Å². The minimum Gasteiger partial charge on any atom is -0.347 e. The Morgan fingerprint density at radius 3 is 2.62 bits per heavy atom. The summed E-state index contributed by atoms with van der Waals surface area (Å²) in [6, 6.07) is 10.6. The summed E-state index contributed by atoms with van der Waals surface area (Å²) in [6.07, 6.45) is 3.45. The van der Waals surface area contributed by atoms with Crippen molar-refractivity contribution in [3.05, 3.63) is 30.3 Å². The number of rotatable bonds is 5. The largest absolute Gasteiger partial charge is 0.347 e. The third-order valence-electron chi connectivity index (χ3n) is 4.88. The standard InChI is InChI=1S/C19H28N4OS.HI/c1-20-19(21-13-18(24)22-10-5-6-11-22)23-12-9-16(14-23)15-25-17-7-3-2-4-8-17;/h2-4,7-8,16H,5-6,9-15H2,1H3,(H,20,21);1H. The van der Waals surface area contributed by atoms with Crippen LogP contribution in [0.25, 0.3) is 0 Å². The van der Waals surface area contributed by atoms with Crippen LogP contribution in [-0.4, -0.2) is 67.2 Å². The molecule has 0 aliphatic carbocycles. The molecule has 1 amide bonds. The zero-order valence-corrected chi connectivity index (χ0v) is 18.5. The van der Waals surface area contributed by atoms with Crippen LogP contribution in [-0.2, 0) is 4.79 Å². The van der Waals surface area contributed by atoms with E-state index in [4.69, 9.17) is 0 Å². The lowest BCUT2D eigenvalue weighted by Crippen LogP contribution is -2.45. The molecule has 0 spiro atoms. The number of thioether (sulfide) groups is 1. The van der Waals surface area contributed by atoms with Crippen molar-refractivity contribution in [3.8, 4) is 0 Å². The predicted molar refractivity (Wildman–Crippen MR) is 119 cm³/mol. The molecule has 2 saturated heterocycles. The maximum Gasteiger partial charge on any atom is 0.241 e. The third-order valence-corrected chi connectivity index (χ3v) is 6.13. The van der Waals surface area contributed by atoms with E-state index in [9.17, 15) is 4.79 Å². The van der Waals surface area contributed by atoms with Gasteiger partial charge in [-0.3, -0.25) is 9.79 Å². The molecule has 2 heterocycles. The number of nitrogens with one attached hydrogen (secondary N) is 1. The molecule has 1 atom stereocenters. The Hall–Kier alpha value is -0.960. The number of aliphatic imine (C=N–C) groups is 1. The molecule has 0 radical (unpaired) electrons. The summed E-state index contributed by atoms with van der Waals surface area (Å²) in [6.45, 7) is 4.19. The molecule has 3 rings (SSSR count). The van der Waals surface area contributed by atoms with Gasteiger partial charge in [0.15, 0.2) is 5.96 Å². The Morgan fingerprint density at radius 1 is 1.19 bits per heavy atom. The van der Waals surface area contributed by atoms with Crippen molar-refractivity contribution < 1.29 is 4.79 Å². The fourth-order valence-electron chi connectivity index (χ4n) is 3.46. The van der Waals surface area contributed by atoms with Gasteiger partial charge in [0.25, 0.3) is 0 Å². The van der Waals surface area contributed by atoms with Gasteiger partial charge in [-0.2, -0.15) is 0 Å². The summed E-state index contributed by atoms with van der Waals surface area (Å²) < 4.78 is 0. The Balaban J connectivity index is 0.00000243. The van der Waals surface area contributed by atoms with Gasteiger partial charge < -0.3 is 15.1 Å². The summed E-state index contributed by atoms with van der Waals surface area (Å²) in [7, 11) is 1.80. The summed E-state index contributed by atoms with van der Waals surface area (Å²) >= 11 is 1.93. The fourth-order valence-corrected chi connectivity index (χ4v) is 4.51. The first-order chi connectivity index (χ1) is 12.3.